The van der Waals surface area contributed by atoms with Gasteiger partial charge in [-0.2, -0.15) is 5.26 Å². The summed E-state index contributed by atoms with van der Waals surface area (Å²) in [4.78, 5) is 25.4. The Kier molecular flexibility index (Phi) is 6.54. The minimum atomic E-state index is -0.492. The molecule has 0 saturated carbocycles. The molecule has 2 aromatic carbocycles. The van der Waals surface area contributed by atoms with E-state index >= 15 is 0 Å². The Balaban J connectivity index is 1.86. The molecule has 3 rings (SSSR count). The highest BCUT2D eigenvalue weighted by Gasteiger charge is 2.32. The highest BCUT2D eigenvalue weighted by Crippen LogP contribution is 2.38. The zero-order chi connectivity index (χ0) is 21.7. The smallest absolute Gasteiger partial charge is 0.329 e. The van der Waals surface area contributed by atoms with Crippen LogP contribution in [0.4, 0.5) is 4.79 Å². The van der Waals surface area contributed by atoms with Crippen LogP contribution in [0.2, 0.25) is 0 Å². The Morgan fingerprint density at radius 1 is 1.30 bits per heavy atom. The van der Waals surface area contributed by atoms with Crippen molar-refractivity contribution >= 4 is 33.9 Å². The Morgan fingerprint density at radius 3 is 2.77 bits per heavy atom. The third-order valence-corrected chi connectivity index (χ3v) is 4.94. The minimum absolute atomic E-state index is 0.131. The number of hydrogen-bond acceptors (Lipinski definition) is 5. The average molecular weight is 468 g/mol. The number of ether oxygens (including phenoxy) is 2. The first-order chi connectivity index (χ1) is 14.5. The topological polar surface area (TPSA) is 91.7 Å². The molecule has 3 amide bonds. The summed E-state index contributed by atoms with van der Waals surface area (Å²) in [6.45, 7) is 3.86. The molecule has 8 heteroatoms. The predicted octanol–water partition coefficient (Wildman–Crippen LogP) is 3.99. The maximum Gasteiger partial charge on any atom is 0.329 e. The van der Waals surface area contributed by atoms with Crippen LogP contribution >= 0.6 is 15.9 Å². The number of urea groups is 1. The van der Waals surface area contributed by atoms with E-state index in [1.54, 1.807) is 30.3 Å². The first kappa shape index (κ1) is 21.1. The second-order valence-corrected chi connectivity index (χ2v) is 7.14. The molecule has 0 aliphatic carbocycles. The average Bonchev–Trinajstić information content (AvgIpc) is 3.00. The molecule has 7 nitrogen and oxygen atoms in total. The maximum absolute atomic E-state index is 12.4. The van der Waals surface area contributed by atoms with Gasteiger partial charge in [-0.25, -0.2) is 4.79 Å². The zero-order valence-electron chi connectivity index (χ0n) is 16.1. The van der Waals surface area contributed by atoms with Crippen LogP contribution in [0.25, 0.3) is 6.08 Å². The standard InChI is InChI=1S/C22H18BrN3O4/c1-3-8-26-21(27)18(25-22(26)28)10-14-9-17(23)20(19(11-14)29-2)30-13-16-7-5-4-6-15(16)12-24/h3-7,9-11H,1,8,13H2,2H3,(H,25,28)/b18-10-. The largest absolute Gasteiger partial charge is 0.493 e. The zero-order valence-corrected chi connectivity index (χ0v) is 17.7. The van der Waals surface area contributed by atoms with Crippen LogP contribution in [0.5, 0.6) is 11.5 Å². The lowest BCUT2D eigenvalue weighted by molar-refractivity contribution is -0.122. The summed E-state index contributed by atoms with van der Waals surface area (Å²) in [5.41, 5.74) is 2.08. The van der Waals surface area contributed by atoms with E-state index in [0.717, 1.165) is 10.5 Å². The van der Waals surface area contributed by atoms with E-state index in [-0.39, 0.29) is 18.8 Å². The van der Waals surface area contributed by atoms with E-state index in [9.17, 15) is 14.9 Å². The number of halogens is 1. The van der Waals surface area contributed by atoms with Crippen molar-refractivity contribution in [2.75, 3.05) is 13.7 Å². The Bertz CT molecular complexity index is 1090. The van der Waals surface area contributed by atoms with Crippen molar-refractivity contribution in [2.45, 2.75) is 6.61 Å². The lowest BCUT2D eigenvalue weighted by Crippen LogP contribution is -2.30. The molecule has 0 unspecified atom stereocenters. The van der Waals surface area contributed by atoms with Gasteiger partial charge in [0.2, 0.25) is 0 Å². The van der Waals surface area contributed by atoms with Crippen LogP contribution in [-0.2, 0) is 11.4 Å². The van der Waals surface area contributed by atoms with Crippen molar-refractivity contribution in [3.05, 3.63) is 75.9 Å². The van der Waals surface area contributed by atoms with Crippen molar-refractivity contribution in [3.63, 3.8) is 0 Å². The third kappa shape index (κ3) is 4.36. The van der Waals surface area contributed by atoms with Gasteiger partial charge in [-0.1, -0.05) is 24.3 Å². The number of rotatable bonds is 7. The van der Waals surface area contributed by atoms with Crippen LogP contribution < -0.4 is 14.8 Å². The molecule has 2 aromatic rings. The van der Waals surface area contributed by atoms with Gasteiger partial charge < -0.3 is 14.8 Å². The number of carbonyl (C=O) groups is 2. The summed E-state index contributed by atoms with van der Waals surface area (Å²) in [7, 11) is 1.50. The van der Waals surface area contributed by atoms with E-state index in [4.69, 9.17) is 9.47 Å². The number of methoxy groups -OCH3 is 1. The van der Waals surface area contributed by atoms with Crippen molar-refractivity contribution < 1.29 is 19.1 Å². The molecule has 0 radical (unpaired) electrons. The van der Waals surface area contributed by atoms with Gasteiger partial charge in [0.25, 0.3) is 5.91 Å². The molecule has 1 aliphatic heterocycles. The first-order valence-corrected chi connectivity index (χ1v) is 9.71. The van der Waals surface area contributed by atoms with Gasteiger partial charge in [0, 0.05) is 12.1 Å². The molecule has 152 valence electrons. The minimum Gasteiger partial charge on any atom is -0.493 e. The highest BCUT2D eigenvalue weighted by molar-refractivity contribution is 9.10. The lowest BCUT2D eigenvalue weighted by atomic mass is 10.1. The maximum atomic E-state index is 12.4. The molecule has 1 aliphatic rings. The van der Waals surface area contributed by atoms with Gasteiger partial charge in [-0.3, -0.25) is 9.69 Å². The number of amides is 3. The molecular weight excluding hydrogens is 450 g/mol. The van der Waals surface area contributed by atoms with E-state index in [0.29, 0.717) is 27.1 Å². The van der Waals surface area contributed by atoms with Gasteiger partial charge in [0.1, 0.15) is 12.3 Å². The Hall–Kier alpha value is -3.57. The van der Waals surface area contributed by atoms with Crippen LogP contribution in [0.15, 0.2) is 59.2 Å². The monoisotopic (exact) mass is 467 g/mol. The van der Waals surface area contributed by atoms with E-state index in [2.05, 4.69) is 33.9 Å². The van der Waals surface area contributed by atoms with Gasteiger partial charge in [-0.15, -0.1) is 6.58 Å². The van der Waals surface area contributed by atoms with Crippen molar-refractivity contribution in [3.8, 4) is 17.6 Å². The normalized spacial score (nSPS) is 14.4. The third-order valence-electron chi connectivity index (χ3n) is 4.35. The lowest BCUT2D eigenvalue weighted by Gasteiger charge is -2.14. The van der Waals surface area contributed by atoms with Gasteiger partial charge >= 0.3 is 6.03 Å². The van der Waals surface area contributed by atoms with Gasteiger partial charge in [0.05, 0.1) is 23.2 Å². The molecule has 0 spiro atoms. The summed E-state index contributed by atoms with van der Waals surface area (Å²) in [5, 5.41) is 11.8. The van der Waals surface area contributed by atoms with E-state index in [1.165, 1.54) is 13.2 Å². The fourth-order valence-corrected chi connectivity index (χ4v) is 3.48. The number of carbonyl (C=O) groups excluding carboxylic acids is 2. The van der Waals surface area contributed by atoms with Crippen LogP contribution in [-0.4, -0.2) is 30.5 Å². The van der Waals surface area contributed by atoms with Crippen LogP contribution in [0.3, 0.4) is 0 Å². The summed E-state index contributed by atoms with van der Waals surface area (Å²) in [6, 6.07) is 12.3. The Morgan fingerprint density at radius 2 is 2.07 bits per heavy atom. The number of nitriles is 1. The van der Waals surface area contributed by atoms with Crippen molar-refractivity contribution in [1.29, 1.82) is 5.26 Å². The second kappa shape index (κ2) is 9.29. The van der Waals surface area contributed by atoms with Gasteiger partial charge in [-0.05, 0) is 45.8 Å². The van der Waals surface area contributed by atoms with Crippen molar-refractivity contribution in [2.24, 2.45) is 0 Å². The highest BCUT2D eigenvalue weighted by atomic mass is 79.9. The predicted molar refractivity (Wildman–Crippen MR) is 115 cm³/mol. The van der Waals surface area contributed by atoms with E-state index < -0.39 is 11.9 Å². The molecule has 1 heterocycles. The van der Waals surface area contributed by atoms with E-state index in [1.807, 2.05) is 12.1 Å². The number of benzene rings is 2. The number of nitrogens with one attached hydrogen (secondary N) is 1. The summed E-state index contributed by atoms with van der Waals surface area (Å²) >= 11 is 3.47. The number of nitrogens with zero attached hydrogens (tertiary/aromatic N) is 2. The molecule has 0 atom stereocenters. The molecule has 1 N–H and O–H groups in total. The molecular formula is C22H18BrN3O4. The summed E-state index contributed by atoms with van der Waals surface area (Å²) in [5.74, 6) is 0.469. The first-order valence-electron chi connectivity index (χ1n) is 8.92. The fraction of sp³-hybridized carbons (Fsp3) is 0.136. The molecule has 1 fully saturated rings. The molecule has 1 saturated heterocycles. The summed E-state index contributed by atoms with van der Waals surface area (Å²) < 4.78 is 11.9. The summed E-state index contributed by atoms with van der Waals surface area (Å²) in [6.07, 6.45) is 3.04. The fourth-order valence-electron chi connectivity index (χ4n) is 2.90. The van der Waals surface area contributed by atoms with Crippen LogP contribution in [0.1, 0.15) is 16.7 Å². The molecule has 30 heavy (non-hydrogen) atoms. The number of imide groups is 1. The molecule has 0 bridgehead atoms. The van der Waals surface area contributed by atoms with Gasteiger partial charge in [0.15, 0.2) is 11.5 Å². The second-order valence-electron chi connectivity index (χ2n) is 6.28. The van der Waals surface area contributed by atoms with Crippen molar-refractivity contribution in [1.82, 2.24) is 10.2 Å². The SMILES string of the molecule is C=CCN1C(=O)N/C(=C\c2cc(Br)c(OCc3ccccc3C#N)c(OC)c2)C1=O. The van der Waals surface area contributed by atoms with Crippen LogP contribution in [0, 0.1) is 11.3 Å². The number of hydrogen-bond donors (Lipinski definition) is 1. The quantitative estimate of drug-likeness (QED) is 0.377. The Labute approximate surface area is 182 Å². The molecule has 0 aromatic heterocycles.